The lowest BCUT2D eigenvalue weighted by Crippen LogP contribution is -2.31. The number of amides is 1. The van der Waals surface area contributed by atoms with Crippen molar-refractivity contribution in [3.05, 3.63) is 41.1 Å². The van der Waals surface area contributed by atoms with Gasteiger partial charge in [-0.15, -0.1) is 0 Å². The normalized spacial score (nSPS) is 12.4. The molecule has 2 rings (SSSR count). The maximum absolute atomic E-state index is 11.9. The van der Waals surface area contributed by atoms with Gasteiger partial charge in [0.05, 0.1) is 30.2 Å². The van der Waals surface area contributed by atoms with E-state index in [9.17, 15) is 4.79 Å². The summed E-state index contributed by atoms with van der Waals surface area (Å²) in [6.07, 6.45) is 3.25. The second kappa shape index (κ2) is 5.93. The molecule has 1 atom stereocenters. The predicted molar refractivity (Wildman–Crippen MR) is 71.7 cm³/mol. The molecule has 19 heavy (non-hydrogen) atoms. The molecule has 6 heteroatoms. The number of nitrogens with one attached hydrogen (secondary N) is 1. The summed E-state index contributed by atoms with van der Waals surface area (Å²) in [5, 5.41) is 7.45. The first-order valence-corrected chi connectivity index (χ1v) is 6.43. The Bertz CT molecular complexity index is 562. The molecule has 2 aromatic rings. The van der Waals surface area contributed by atoms with Crippen LogP contribution in [0.4, 0.5) is 0 Å². The smallest absolute Gasteiger partial charge is 0.225 e. The van der Waals surface area contributed by atoms with Crippen molar-refractivity contribution in [1.82, 2.24) is 15.1 Å². The van der Waals surface area contributed by atoms with Gasteiger partial charge in [0, 0.05) is 6.20 Å². The van der Waals surface area contributed by atoms with Crippen molar-refractivity contribution in [2.24, 2.45) is 5.92 Å². The minimum atomic E-state index is -0.188. The Morgan fingerprint density at radius 3 is 2.95 bits per heavy atom. The number of aromatic nitrogens is 2. The van der Waals surface area contributed by atoms with Crippen LogP contribution >= 0.6 is 11.6 Å². The van der Waals surface area contributed by atoms with Gasteiger partial charge in [-0.05, 0) is 19.1 Å². The van der Waals surface area contributed by atoms with Crippen LogP contribution in [-0.2, 0) is 17.9 Å². The van der Waals surface area contributed by atoms with E-state index in [0.29, 0.717) is 18.1 Å². The first-order valence-electron chi connectivity index (χ1n) is 6.05. The molecule has 0 unspecified atom stereocenters. The Kier molecular flexibility index (Phi) is 4.27. The highest BCUT2D eigenvalue weighted by Gasteiger charge is 2.14. The highest BCUT2D eigenvalue weighted by Crippen LogP contribution is 2.09. The Labute approximate surface area is 116 Å². The van der Waals surface area contributed by atoms with Gasteiger partial charge in [0.25, 0.3) is 0 Å². The molecule has 0 aliphatic carbocycles. The van der Waals surface area contributed by atoms with Gasteiger partial charge in [0.2, 0.25) is 5.91 Å². The molecule has 0 radical (unpaired) electrons. The highest BCUT2D eigenvalue weighted by molar-refractivity contribution is 6.30. The summed E-state index contributed by atoms with van der Waals surface area (Å²) in [5.41, 5.74) is 0. The van der Waals surface area contributed by atoms with Gasteiger partial charge in [-0.3, -0.25) is 9.48 Å². The van der Waals surface area contributed by atoms with Gasteiger partial charge in [-0.2, -0.15) is 5.10 Å². The van der Waals surface area contributed by atoms with E-state index in [-0.39, 0.29) is 11.8 Å². The molecule has 2 heterocycles. The highest BCUT2D eigenvalue weighted by atomic mass is 35.5. The molecular weight excluding hydrogens is 266 g/mol. The molecule has 0 fully saturated rings. The first-order chi connectivity index (χ1) is 9.04. The molecule has 1 amide bonds. The Hall–Kier alpha value is -1.75. The van der Waals surface area contributed by atoms with Crippen molar-refractivity contribution in [1.29, 1.82) is 0 Å². The molecule has 0 spiro atoms. The second-order valence-corrected chi connectivity index (χ2v) is 4.95. The third kappa shape index (κ3) is 3.86. The second-order valence-electron chi connectivity index (χ2n) is 4.51. The lowest BCUT2D eigenvalue weighted by molar-refractivity contribution is -0.125. The molecule has 0 aliphatic rings. The Morgan fingerprint density at radius 2 is 2.37 bits per heavy atom. The summed E-state index contributed by atoms with van der Waals surface area (Å²) < 4.78 is 7.04. The summed E-state index contributed by atoms with van der Waals surface area (Å²) >= 11 is 5.77. The number of aryl methyl sites for hydroxylation is 1. The van der Waals surface area contributed by atoms with Crippen LogP contribution in [-0.4, -0.2) is 15.7 Å². The lowest BCUT2D eigenvalue weighted by atomic mass is 10.1. The van der Waals surface area contributed by atoms with Crippen LogP contribution < -0.4 is 5.32 Å². The zero-order valence-corrected chi connectivity index (χ0v) is 11.6. The third-order valence-electron chi connectivity index (χ3n) is 2.74. The van der Waals surface area contributed by atoms with Crippen molar-refractivity contribution < 1.29 is 9.21 Å². The minimum absolute atomic E-state index is 0.0410. The maximum atomic E-state index is 11.9. The van der Waals surface area contributed by atoms with E-state index >= 15 is 0 Å². The molecule has 2 aromatic heterocycles. The fourth-order valence-electron chi connectivity index (χ4n) is 1.73. The fraction of sp³-hybridized carbons (Fsp3) is 0.385. The monoisotopic (exact) mass is 281 g/mol. The van der Waals surface area contributed by atoms with Gasteiger partial charge < -0.3 is 9.73 Å². The molecule has 0 bridgehead atoms. The Morgan fingerprint density at radius 1 is 1.58 bits per heavy atom. The average Bonchev–Trinajstić information content (AvgIpc) is 2.95. The van der Waals surface area contributed by atoms with Crippen molar-refractivity contribution in [2.45, 2.75) is 26.9 Å². The number of hydrogen-bond donors (Lipinski definition) is 1. The summed E-state index contributed by atoms with van der Waals surface area (Å²) in [4.78, 5) is 11.9. The van der Waals surface area contributed by atoms with E-state index in [2.05, 4.69) is 10.4 Å². The number of halogens is 1. The summed E-state index contributed by atoms with van der Waals surface area (Å²) in [6, 6.07) is 3.73. The van der Waals surface area contributed by atoms with E-state index in [1.807, 2.05) is 26.0 Å². The first kappa shape index (κ1) is 13.7. The minimum Gasteiger partial charge on any atom is -0.465 e. The van der Waals surface area contributed by atoms with Crippen molar-refractivity contribution in [2.75, 3.05) is 0 Å². The van der Waals surface area contributed by atoms with Crippen LogP contribution in [0.25, 0.3) is 0 Å². The van der Waals surface area contributed by atoms with E-state index in [1.165, 1.54) is 0 Å². The fourth-order valence-corrected chi connectivity index (χ4v) is 1.89. The van der Waals surface area contributed by atoms with E-state index in [1.54, 1.807) is 17.1 Å². The van der Waals surface area contributed by atoms with Gasteiger partial charge in [-0.25, -0.2) is 0 Å². The van der Waals surface area contributed by atoms with Crippen molar-refractivity contribution >= 4 is 17.5 Å². The molecular formula is C13H16ClN3O2. The molecule has 102 valence electrons. The number of carbonyl (C=O) groups is 1. The van der Waals surface area contributed by atoms with E-state index in [4.69, 9.17) is 16.0 Å². The molecule has 0 aliphatic heterocycles. The summed E-state index contributed by atoms with van der Waals surface area (Å²) in [6.45, 7) is 4.61. The maximum Gasteiger partial charge on any atom is 0.225 e. The number of rotatable bonds is 5. The molecule has 5 nitrogen and oxygen atoms in total. The predicted octanol–water partition coefficient (Wildman–Crippen LogP) is 2.39. The number of carbonyl (C=O) groups excluding carboxylic acids is 1. The van der Waals surface area contributed by atoms with Gasteiger partial charge in [-0.1, -0.05) is 18.5 Å². The average molecular weight is 282 g/mol. The quantitative estimate of drug-likeness (QED) is 0.915. The van der Waals surface area contributed by atoms with Gasteiger partial charge >= 0.3 is 0 Å². The summed E-state index contributed by atoms with van der Waals surface area (Å²) in [7, 11) is 0. The standard InChI is InChI=1S/C13H16ClN3O2/c1-9(7-17-8-11(14)5-16-17)13(18)15-6-12-4-3-10(2)19-12/h3-5,8-9H,6-7H2,1-2H3,(H,15,18)/t9-/m1/s1. The number of furan rings is 1. The van der Waals surface area contributed by atoms with E-state index in [0.717, 1.165) is 11.5 Å². The molecule has 1 N–H and O–H groups in total. The van der Waals surface area contributed by atoms with Crippen LogP contribution in [0.2, 0.25) is 5.02 Å². The van der Waals surface area contributed by atoms with Crippen LogP contribution in [0, 0.1) is 12.8 Å². The third-order valence-corrected chi connectivity index (χ3v) is 2.94. The molecule has 0 saturated carbocycles. The van der Waals surface area contributed by atoms with E-state index < -0.39 is 0 Å². The Balaban J connectivity index is 1.82. The SMILES string of the molecule is Cc1ccc(CNC(=O)[C@H](C)Cn2cc(Cl)cn2)o1. The van der Waals surface area contributed by atoms with Crippen molar-refractivity contribution in [3.63, 3.8) is 0 Å². The van der Waals surface area contributed by atoms with Crippen LogP contribution in [0.5, 0.6) is 0 Å². The zero-order chi connectivity index (χ0) is 13.8. The van der Waals surface area contributed by atoms with Crippen LogP contribution in [0.3, 0.4) is 0 Å². The summed E-state index contributed by atoms with van der Waals surface area (Å²) in [5.74, 6) is 1.36. The number of nitrogens with zero attached hydrogens (tertiary/aromatic N) is 2. The molecule has 0 aromatic carbocycles. The zero-order valence-electron chi connectivity index (χ0n) is 10.9. The molecule has 0 saturated heterocycles. The van der Waals surface area contributed by atoms with Crippen molar-refractivity contribution in [3.8, 4) is 0 Å². The van der Waals surface area contributed by atoms with Crippen LogP contribution in [0.15, 0.2) is 28.9 Å². The van der Waals surface area contributed by atoms with Gasteiger partial charge in [0.15, 0.2) is 0 Å². The van der Waals surface area contributed by atoms with Gasteiger partial charge in [0.1, 0.15) is 11.5 Å². The van der Waals surface area contributed by atoms with Crippen LogP contribution in [0.1, 0.15) is 18.4 Å². The largest absolute Gasteiger partial charge is 0.465 e. The number of hydrogen-bond acceptors (Lipinski definition) is 3. The lowest BCUT2D eigenvalue weighted by Gasteiger charge is -2.11. The topological polar surface area (TPSA) is 60.1 Å².